The van der Waals surface area contributed by atoms with E-state index >= 15 is 0 Å². The van der Waals surface area contributed by atoms with E-state index in [1.54, 1.807) is 0 Å². The third kappa shape index (κ3) is 11.9. The van der Waals surface area contributed by atoms with E-state index in [9.17, 15) is 9.59 Å². The minimum atomic E-state index is -1.06. The molecule has 0 aromatic heterocycles. The maximum Gasteiger partial charge on any atom is 1.00 e. The summed E-state index contributed by atoms with van der Waals surface area (Å²) in [7, 11) is 0. The molecule has 0 saturated heterocycles. The van der Waals surface area contributed by atoms with E-state index in [1.165, 1.54) is 0 Å². The van der Waals surface area contributed by atoms with Gasteiger partial charge < -0.3 is 15.2 Å². The molecule has 1 N–H and O–H groups in total. The zero-order valence-electron chi connectivity index (χ0n) is 11.1. The summed E-state index contributed by atoms with van der Waals surface area (Å²) in [6.45, 7) is 5.79. The predicted octanol–water partition coefficient (Wildman–Crippen LogP) is 1.87. The van der Waals surface area contributed by atoms with Crippen molar-refractivity contribution in [1.82, 2.24) is 4.90 Å². The molecule has 0 atom stereocenters. The molecule has 1 amide bonds. The number of rotatable bonds is 10. The molecule has 5 nitrogen and oxygen atoms in total. The average molecular weight is 307 g/mol. The quantitative estimate of drug-likeness (QED) is 0.625. The summed E-state index contributed by atoms with van der Waals surface area (Å²) < 4.78 is 0. The molecule has 0 fully saturated rings. The van der Waals surface area contributed by atoms with Gasteiger partial charge in [0.25, 0.3) is 5.97 Å². The van der Waals surface area contributed by atoms with E-state index in [1.807, 2.05) is 0 Å². The van der Waals surface area contributed by atoms with Gasteiger partial charge in [0.15, 0.2) is 0 Å². The van der Waals surface area contributed by atoms with Crippen molar-refractivity contribution in [2.24, 2.45) is 0 Å². The van der Waals surface area contributed by atoms with Crippen molar-refractivity contribution in [3.8, 4) is 0 Å². The van der Waals surface area contributed by atoms with Crippen LogP contribution in [0.5, 0.6) is 0 Å². The SMILES string of the molecule is CCCCN(CCCC)CC(=O)[N-]CC(=O)O.[Cu+]. The van der Waals surface area contributed by atoms with Gasteiger partial charge in [0.05, 0.1) is 5.91 Å². The smallest absolute Gasteiger partial charge is 0.643 e. The van der Waals surface area contributed by atoms with Crippen molar-refractivity contribution in [2.45, 2.75) is 39.5 Å². The standard InChI is InChI=1S/C12H24N2O3.Cu/c1-3-5-7-14(8-6-4-2)10-11(15)13-9-12(16)17;/h3-10H2,1-2H3,(H2,13,15,16,17);/q;+1/p-1. The Morgan fingerprint density at radius 3 is 2.00 bits per heavy atom. The molecule has 0 spiro atoms. The van der Waals surface area contributed by atoms with Crippen LogP contribution in [0.15, 0.2) is 0 Å². The van der Waals surface area contributed by atoms with E-state index < -0.39 is 12.5 Å². The number of carboxylic acid groups (broad SMARTS) is 1. The molecule has 0 radical (unpaired) electrons. The molecule has 18 heavy (non-hydrogen) atoms. The van der Waals surface area contributed by atoms with Gasteiger partial charge in [-0.3, -0.25) is 9.69 Å². The molecule has 6 heteroatoms. The van der Waals surface area contributed by atoms with E-state index in [2.05, 4.69) is 24.1 Å². The molecule has 0 aromatic carbocycles. The number of hydrogen-bond acceptors (Lipinski definition) is 3. The first kappa shape index (κ1) is 19.8. The topological polar surface area (TPSA) is 71.7 Å². The van der Waals surface area contributed by atoms with Gasteiger partial charge in [-0.25, -0.2) is 0 Å². The normalized spacial score (nSPS) is 9.94. The van der Waals surface area contributed by atoms with Gasteiger partial charge in [0.1, 0.15) is 0 Å². The first-order valence-corrected chi connectivity index (χ1v) is 6.24. The number of nitrogens with zero attached hydrogens (tertiary/aromatic N) is 2. The number of amides is 1. The van der Waals surface area contributed by atoms with Gasteiger partial charge in [-0.15, -0.1) is 0 Å². The van der Waals surface area contributed by atoms with Crippen LogP contribution < -0.4 is 0 Å². The zero-order valence-corrected chi connectivity index (χ0v) is 12.1. The molecule has 0 unspecified atom stereocenters. The van der Waals surface area contributed by atoms with Crippen molar-refractivity contribution in [3.05, 3.63) is 5.32 Å². The van der Waals surface area contributed by atoms with Crippen LogP contribution in [0.2, 0.25) is 0 Å². The number of carbonyl (C=O) groups excluding carboxylic acids is 1. The largest absolute Gasteiger partial charge is 1.00 e. The minimum absolute atomic E-state index is 0. The van der Waals surface area contributed by atoms with Crippen molar-refractivity contribution in [2.75, 3.05) is 26.2 Å². The maximum atomic E-state index is 11.4. The number of hydrogen-bond donors (Lipinski definition) is 1. The molecule has 0 aliphatic rings. The van der Waals surface area contributed by atoms with Crippen LogP contribution >= 0.6 is 0 Å². The molecule has 110 valence electrons. The second-order valence-electron chi connectivity index (χ2n) is 4.09. The summed E-state index contributed by atoms with van der Waals surface area (Å²) in [4.78, 5) is 23.7. The Kier molecular flexibility index (Phi) is 14.1. The summed E-state index contributed by atoms with van der Waals surface area (Å²) in [5.74, 6) is -1.40. The summed E-state index contributed by atoms with van der Waals surface area (Å²) in [6, 6.07) is 0. The van der Waals surface area contributed by atoms with Crippen molar-refractivity contribution in [1.29, 1.82) is 0 Å². The molecule has 0 heterocycles. The fourth-order valence-corrected chi connectivity index (χ4v) is 1.43. The van der Waals surface area contributed by atoms with E-state index in [0.717, 1.165) is 38.8 Å². The fourth-order valence-electron chi connectivity index (χ4n) is 1.43. The molecule has 0 aliphatic carbocycles. The summed E-state index contributed by atoms with van der Waals surface area (Å²) in [5, 5.41) is 11.9. The number of carbonyl (C=O) groups is 2. The summed E-state index contributed by atoms with van der Waals surface area (Å²) in [6.07, 6.45) is 4.28. The second-order valence-corrected chi connectivity index (χ2v) is 4.09. The average Bonchev–Trinajstić information content (AvgIpc) is 2.30. The maximum absolute atomic E-state index is 11.4. The Hall–Kier alpha value is -0.581. The Balaban J connectivity index is 0. The van der Waals surface area contributed by atoms with Crippen LogP contribution in [-0.2, 0) is 26.7 Å². The summed E-state index contributed by atoms with van der Waals surface area (Å²) in [5.41, 5.74) is 0. The van der Waals surface area contributed by atoms with Crippen molar-refractivity contribution in [3.63, 3.8) is 0 Å². The van der Waals surface area contributed by atoms with Gasteiger partial charge in [0, 0.05) is 6.54 Å². The Morgan fingerprint density at radius 2 is 1.61 bits per heavy atom. The van der Waals surface area contributed by atoms with Crippen LogP contribution in [-0.4, -0.2) is 48.1 Å². The Labute approximate surface area is 120 Å². The second kappa shape index (κ2) is 12.9. The molecule has 0 bridgehead atoms. The van der Waals surface area contributed by atoms with E-state index in [-0.39, 0.29) is 29.5 Å². The van der Waals surface area contributed by atoms with Gasteiger partial charge in [-0.1, -0.05) is 26.7 Å². The number of aliphatic carboxylic acids is 1. The zero-order chi connectivity index (χ0) is 13.1. The molecular weight excluding hydrogens is 284 g/mol. The molecular formula is C12H23CuN2O3. The van der Waals surface area contributed by atoms with Gasteiger partial charge in [-0.05, 0) is 32.5 Å². The molecule has 0 aliphatic heterocycles. The predicted molar refractivity (Wildman–Crippen MR) is 67.1 cm³/mol. The van der Waals surface area contributed by atoms with E-state index in [4.69, 9.17) is 5.11 Å². The first-order chi connectivity index (χ1) is 8.10. The number of carboxylic acids is 1. The molecule has 0 saturated carbocycles. The van der Waals surface area contributed by atoms with Gasteiger partial charge >= 0.3 is 17.1 Å². The molecule has 0 rings (SSSR count). The van der Waals surface area contributed by atoms with Crippen LogP contribution in [0.4, 0.5) is 0 Å². The summed E-state index contributed by atoms with van der Waals surface area (Å²) >= 11 is 0. The monoisotopic (exact) mass is 306 g/mol. The third-order valence-corrected chi connectivity index (χ3v) is 2.41. The van der Waals surface area contributed by atoms with Crippen LogP contribution in [0, 0.1) is 0 Å². The minimum Gasteiger partial charge on any atom is -0.643 e. The number of unbranched alkanes of at least 4 members (excludes halogenated alkanes) is 2. The van der Waals surface area contributed by atoms with Crippen LogP contribution in [0.25, 0.3) is 5.32 Å². The Morgan fingerprint density at radius 1 is 1.11 bits per heavy atom. The van der Waals surface area contributed by atoms with E-state index in [0.29, 0.717) is 0 Å². The fraction of sp³-hybridized carbons (Fsp3) is 0.833. The van der Waals surface area contributed by atoms with Crippen molar-refractivity contribution >= 4 is 11.9 Å². The molecule has 0 aromatic rings. The van der Waals surface area contributed by atoms with Crippen LogP contribution in [0.1, 0.15) is 39.5 Å². The van der Waals surface area contributed by atoms with Gasteiger partial charge in [0.2, 0.25) is 0 Å². The van der Waals surface area contributed by atoms with Crippen molar-refractivity contribution < 1.29 is 31.8 Å². The van der Waals surface area contributed by atoms with Gasteiger partial charge in [-0.2, -0.15) is 0 Å². The third-order valence-electron chi connectivity index (χ3n) is 2.41. The first-order valence-electron chi connectivity index (χ1n) is 6.24. The Bertz CT molecular complexity index is 229. The van der Waals surface area contributed by atoms with Crippen LogP contribution in [0.3, 0.4) is 0 Å².